The van der Waals surface area contributed by atoms with Crippen molar-refractivity contribution in [1.29, 1.82) is 0 Å². The van der Waals surface area contributed by atoms with Gasteiger partial charge in [0.2, 0.25) is 0 Å². The van der Waals surface area contributed by atoms with Gasteiger partial charge in [0.25, 0.3) is 5.91 Å². The molecule has 0 saturated heterocycles. The topological polar surface area (TPSA) is 67.9 Å². The minimum atomic E-state index is -0.677. The number of hydrazone groups is 1. The Hall–Kier alpha value is -1.50. The maximum atomic E-state index is 13.3. The van der Waals surface area contributed by atoms with Crippen LogP contribution >= 0.6 is 11.6 Å². The third-order valence-electron chi connectivity index (χ3n) is 4.68. The molecule has 7 heteroatoms. The summed E-state index contributed by atoms with van der Waals surface area (Å²) in [5.41, 5.74) is 6.38. The Kier molecular flexibility index (Phi) is 4.40. The van der Waals surface area contributed by atoms with Crippen LogP contribution in [0.5, 0.6) is 0 Å². The highest BCUT2D eigenvalue weighted by Gasteiger charge is 2.52. The maximum Gasteiger partial charge on any atom is 0.259 e. The molecule has 1 saturated carbocycles. The van der Waals surface area contributed by atoms with Gasteiger partial charge in [0, 0.05) is 13.2 Å². The van der Waals surface area contributed by atoms with E-state index in [-0.39, 0.29) is 23.6 Å². The molecule has 0 radical (unpaired) electrons. The summed E-state index contributed by atoms with van der Waals surface area (Å²) in [7, 11) is 1.57. The van der Waals surface area contributed by atoms with Crippen molar-refractivity contribution in [3.8, 4) is 0 Å². The van der Waals surface area contributed by atoms with Crippen LogP contribution in [0.25, 0.3) is 0 Å². The summed E-state index contributed by atoms with van der Waals surface area (Å²) in [5, 5.41) is 5.89. The Labute approximate surface area is 139 Å². The first-order chi connectivity index (χ1) is 11.0. The molecule has 1 aliphatic heterocycles. The van der Waals surface area contributed by atoms with Crippen LogP contribution < -0.4 is 10.7 Å². The zero-order valence-corrected chi connectivity index (χ0v) is 13.6. The largest absolute Gasteiger partial charge is 0.379 e. The molecule has 1 heterocycles. The number of anilines is 1. The van der Waals surface area contributed by atoms with Crippen LogP contribution in [0.2, 0.25) is 5.02 Å². The highest BCUT2D eigenvalue weighted by Crippen LogP contribution is 2.45. The van der Waals surface area contributed by atoms with Crippen molar-refractivity contribution in [1.82, 2.24) is 0 Å². The van der Waals surface area contributed by atoms with Gasteiger partial charge in [-0.15, -0.1) is 0 Å². The molecule has 5 nitrogen and oxygen atoms in total. The van der Waals surface area contributed by atoms with Crippen LogP contribution in [-0.2, 0) is 9.53 Å². The second-order valence-corrected chi connectivity index (χ2v) is 6.52. The molecule has 3 rings (SSSR count). The molecule has 2 N–H and O–H groups in total. The number of methoxy groups -OCH3 is 1. The fraction of sp³-hybridized carbons (Fsp3) is 0.500. The van der Waals surface area contributed by atoms with E-state index in [1.165, 1.54) is 23.2 Å². The van der Waals surface area contributed by atoms with E-state index < -0.39 is 11.2 Å². The highest BCUT2D eigenvalue weighted by atomic mass is 35.5. The Morgan fingerprint density at radius 2 is 2.17 bits per heavy atom. The van der Waals surface area contributed by atoms with E-state index >= 15 is 0 Å². The van der Waals surface area contributed by atoms with E-state index in [9.17, 15) is 9.18 Å². The predicted molar refractivity (Wildman–Crippen MR) is 87.1 cm³/mol. The summed E-state index contributed by atoms with van der Waals surface area (Å²) in [5.74, 6) is -0.588. The van der Waals surface area contributed by atoms with Crippen molar-refractivity contribution in [2.75, 3.05) is 18.7 Å². The zero-order valence-electron chi connectivity index (χ0n) is 12.9. The lowest BCUT2D eigenvalue weighted by atomic mass is 9.69. The molecule has 1 fully saturated rings. The normalized spacial score (nSPS) is 27.7. The summed E-state index contributed by atoms with van der Waals surface area (Å²) >= 11 is 6.10. The van der Waals surface area contributed by atoms with Crippen molar-refractivity contribution >= 4 is 28.9 Å². The summed E-state index contributed by atoms with van der Waals surface area (Å²) in [6, 6.07) is 4.02. The van der Waals surface area contributed by atoms with Crippen molar-refractivity contribution in [3.05, 3.63) is 29.0 Å². The lowest BCUT2D eigenvalue weighted by Crippen LogP contribution is -2.46. The third-order valence-corrected chi connectivity index (χ3v) is 4.98. The number of amides is 1. The molecule has 124 valence electrons. The smallest absolute Gasteiger partial charge is 0.259 e. The molecule has 23 heavy (non-hydrogen) atoms. The second-order valence-electron chi connectivity index (χ2n) is 6.11. The van der Waals surface area contributed by atoms with Gasteiger partial charge >= 0.3 is 0 Å². The van der Waals surface area contributed by atoms with E-state index in [0.29, 0.717) is 24.2 Å². The predicted octanol–water partition coefficient (Wildman–Crippen LogP) is 2.72. The molecule has 1 amide bonds. The lowest BCUT2D eigenvalue weighted by Gasteiger charge is -2.35. The molecule has 0 unspecified atom stereocenters. The molecule has 1 spiro atoms. The number of nitrogens with two attached hydrogens (primary N) is 1. The first-order valence-corrected chi connectivity index (χ1v) is 7.98. The molecule has 1 aromatic rings. The fourth-order valence-electron chi connectivity index (χ4n) is 3.34. The Balaban J connectivity index is 1.99. The Bertz CT molecular complexity index is 657. The van der Waals surface area contributed by atoms with Crippen LogP contribution in [0.4, 0.5) is 10.1 Å². The van der Waals surface area contributed by atoms with E-state index in [1.54, 1.807) is 7.11 Å². The van der Waals surface area contributed by atoms with Gasteiger partial charge in [0.15, 0.2) is 0 Å². The van der Waals surface area contributed by atoms with E-state index in [2.05, 4.69) is 5.10 Å². The maximum absolute atomic E-state index is 13.3. The van der Waals surface area contributed by atoms with Crippen LogP contribution in [0.15, 0.2) is 23.3 Å². The number of hydrogen-bond acceptors (Lipinski definition) is 4. The molecule has 1 aromatic carbocycles. The summed E-state index contributed by atoms with van der Waals surface area (Å²) in [6.45, 7) is 0.274. The first-order valence-electron chi connectivity index (χ1n) is 7.60. The van der Waals surface area contributed by atoms with Crippen molar-refractivity contribution < 1.29 is 13.9 Å². The molecule has 0 aromatic heterocycles. The Morgan fingerprint density at radius 1 is 1.48 bits per heavy atom. The van der Waals surface area contributed by atoms with Crippen LogP contribution in [0.3, 0.4) is 0 Å². The van der Waals surface area contributed by atoms with Crippen LogP contribution in [0.1, 0.15) is 25.7 Å². The summed E-state index contributed by atoms with van der Waals surface area (Å²) in [6.07, 6.45) is 2.81. The summed E-state index contributed by atoms with van der Waals surface area (Å²) in [4.78, 5) is 13.1. The number of nitrogens with zero attached hydrogens (tertiary/aromatic N) is 2. The molecular formula is C16H19ClFN3O2. The number of carbonyl (C=O) groups excluding carboxylic acids is 1. The number of rotatable bonds is 3. The van der Waals surface area contributed by atoms with Gasteiger partial charge in [-0.1, -0.05) is 11.6 Å². The minimum Gasteiger partial charge on any atom is -0.379 e. The molecule has 2 aliphatic rings. The van der Waals surface area contributed by atoms with Gasteiger partial charge in [-0.25, -0.2) is 4.39 Å². The second kappa shape index (κ2) is 6.19. The number of hydrogen-bond donors (Lipinski definition) is 1. The molecule has 0 atom stereocenters. The van der Waals surface area contributed by atoms with Gasteiger partial charge in [-0.3, -0.25) is 4.79 Å². The monoisotopic (exact) mass is 339 g/mol. The van der Waals surface area contributed by atoms with E-state index in [1.807, 2.05) is 0 Å². The average molecular weight is 340 g/mol. The number of ether oxygens (including phenoxy) is 1. The van der Waals surface area contributed by atoms with Crippen LogP contribution in [-0.4, -0.2) is 31.4 Å². The molecule has 1 aliphatic carbocycles. The average Bonchev–Trinajstić information content (AvgIpc) is 2.77. The molecule has 0 bridgehead atoms. The Morgan fingerprint density at radius 3 is 2.78 bits per heavy atom. The van der Waals surface area contributed by atoms with Gasteiger partial charge in [0.1, 0.15) is 5.82 Å². The summed E-state index contributed by atoms with van der Waals surface area (Å²) < 4.78 is 18.5. The van der Waals surface area contributed by atoms with Gasteiger partial charge in [-0.05, 0) is 43.9 Å². The van der Waals surface area contributed by atoms with Crippen molar-refractivity contribution in [2.45, 2.75) is 31.7 Å². The minimum absolute atomic E-state index is 0.112. The number of benzene rings is 1. The first kappa shape index (κ1) is 16.4. The third kappa shape index (κ3) is 2.75. The van der Waals surface area contributed by atoms with E-state index in [4.69, 9.17) is 22.1 Å². The zero-order chi connectivity index (χ0) is 16.6. The number of carbonyl (C=O) groups is 1. The van der Waals surface area contributed by atoms with Gasteiger partial charge in [0.05, 0.1) is 28.4 Å². The molecular weight excluding hydrogens is 321 g/mol. The van der Waals surface area contributed by atoms with E-state index in [0.717, 1.165) is 12.8 Å². The SMILES string of the molecule is COCC1=NN(c2ccc(F)cc2Cl)C(=O)C12CCC(N)CC2. The highest BCUT2D eigenvalue weighted by molar-refractivity contribution is 6.34. The fourth-order valence-corrected chi connectivity index (χ4v) is 3.59. The van der Waals surface area contributed by atoms with Crippen molar-refractivity contribution in [3.63, 3.8) is 0 Å². The van der Waals surface area contributed by atoms with Crippen LogP contribution in [0, 0.1) is 11.2 Å². The van der Waals surface area contributed by atoms with Crippen molar-refractivity contribution in [2.24, 2.45) is 16.3 Å². The number of halogens is 2. The lowest BCUT2D eigenvalue weighted by molar-refractivity contribution is -0.125. The quantitative estimate of drug-likeness (QED) is 0.920. The standard InChI is InChI=1S/C16H19ClFN3O2/c1-23-9-14-16(6-4-11(19)5-7-16)15(22)21(20-14)13-3-2-10(18)8-12(13)17/h2-3,8,11H,4-7,9,19H2,1H3. The van der Waals surface area contributed by atoms with Gasteiger partial charge < -0.3 is 10.5 Å². The van der Waals surface area contributed by atoms with Gasteiger partial charge in [-0.2, -0.15) is 10.1 Å².